The molecule has 0 bridgehead atoms. The second-order valence-corrected chi connectivity index (χ2v) is 3.08. The fourth-order valence-corrected chi connectivity index (χ4v) is 1.14. The van der Waals surface area contributed by atoms with Crippen molar-refractivity contribution in [2.45, 2.75) is 31.8 Å². The summed E-state index contributed by atoms with van der Waals surface area (Å²) < 4.78 is 10.3. The van der Waals surface area contributed by atoms with E-state index in [9.17, 15) is 9.90 Å². The predicted octanol–water partition coefficient (Wildman–Crippen LogP) is -3.55. The van der Waals surface area contributed by atoms with Crippen LogP contribution in [0.5, 0.6) is 0 Å². The molecular weight excluding hydrogens is 183 g/mol. The number of carboxylic acids is 1. The molecule has 1 rings (SSSR count). The van der Waals surface area contributed by atoms with Gasteiger partial charge in [0, 0.05) is 0 Å². The maximum atomic E-state index is 10.5. The molecule has 0 N–H and O–H groups in total. The van der Waals surface area contributed by atoms with Crippen LogP contribution >= 0.6 is 0 Å². The molecule has 5 heteroatoms. The first kappa shape index (κ1) is 13.1. The Morgan fingerprint density at radius 3 is 2.38 bits per heavy atom. The van der Waals surface area contributed by atoms with Gasteiger partial charge in [-0.05, 0) is 13.8 Å². The average molecular weight is 194 g/mol. The molecule has 0 aliphatic carbocycles. The number of hydrogen-bond donors (Lipinski definition) is 0. The van der Waals surface area contributed by atoms with Crippen LogP contribution in [0, 0.1) is 0 Å². The molecule has 0 spiro atoms. The third kappa shape index (κ3) is 3.07. The fraction of sp³-hybridized carbons (Fsp3) is 0.625. The van der Waals surface area contributed by atoms with Gasteiger partial charge in [-0.15, -0.1) is 6.58 Å². The van der Waals surface area contributed by atoms with Crippen LogP contribution in [0.1, 0.15) is 13.8 Å². The van der Waals surface area contributed by atoms with Crippen molar-refractivity contribution in [3.05, 3.63) is 12.7 Å². The molecule has 0 aromatic heterocycles. The number of hydrogen-bond acceptors (Lipinski definition) is 4. The Bertz CT molecular complexity index is 214. The van der Waals surface area contributed by atoms with Gasteiger partial charge in [0.2, 0.25) is 0 Å². The monoisotopic (exact) mass is 194 g/mol. The van der Waals surface area contributed by atoms with Crippen molar-refractivity contribution < 1.29 is 48.9 Å². The first-order chi connectivity index (χ1) is 5.46. The van der Waals surface area contributed by atoms with Crippen molar-refractivity contribution in [2.75, 3.05) is 0 Å². The average Bonchev–Trinajstić information content (AvgIpc) is 2.25. The maximum absolute atomic E-state index is 10.5. The van der Waals surface area contributed by atoms with Crippen LogP contribution in [0.25, 0.3) is 0 Å². The minimum absolute atomic E-state index is 0. The minimum atomic E-state index is -1.27. The molecule has 13 heavy (non-hydrogen) atoms. The van der Waals surface area contributed by atoms with Crippen molar-refractivity contribution >= 4 is 5.97 Å². The zero-order valence-electron chi connectivity index (χ0n) is 8.07. The molecule has 1 unspecified atom stereocenters. The van der Waals surface area contributed by atoms with Gasteiger partial charge in [-0.1, -0.05) is 6.08 Å². The summed E-state index contributed by atoms with van der Waals surface area (Å²) in [7, 11) is 0. The van der Waals surface area contributed by atoms with Crippen LogP contribution in [0.3, 0.4) is 0 Å². The summed E-state index contributed by atoms with van der Waals surface area (Å²) in [6.07, 6.45) is -0.266. The van der Waals surface area contributed by atoms with Gasteiger partial charge in [0.1, 0.15) is 12.2 Å². The molecule has 68 valence electrons. The Kier molecular flexibility index (Phi) is 4.62. The van der Waals surface area contributed by atoms with E-state index in [0.29, 0.717) is 0 Å². The predicted molar refractivity (Wildman–Crippen MR) is 39.0 cm³/mol. The summed E-state index contributed by atoms with van der Waals surface area (Å²) in [5, 5.41) is 10.5. The van der Waals surface area contributed by atoms with E-state index in [1.807, 2.05) is 0 Å². The molecule has 1 saturated heterocycles. The van der Waals surface area contributed by atoms with Gasteiger partial charge >= 0.3 is 29.6 Å². The topological polar surface area (TPSA) is 58.6 Å². The van der Waals surface area contributed by atoms with Crippen molar-refractivity contribution in [1.82, 2.24) is 0 Å². The minimum Gasteiger partial charge on any atom is -0.547 e. The normalized spacial score (nSPS) is 30.6. The van der Waals surface area contributed by atoms with E-state index >= 15 is 0 Å². The van der Waals surface area contributed by atoms with Crippen LogP contribution < -0.4 is 34.7 Å². The number of carbonyl (C=O) groups is 1. The Labute approximate surface area is 99.2 Å². The summed E-state index contributed by atoms with van der Waals surface area (Å²) in [6, 6.07) is 0. The molecule has 1 fully saturated rings. The fourth-order valence-electron chi connectivity index (χ4n) is 1.14. The molecule has 0 aromatic rings. The van der Waals surface area contributed by atoms with Crippen molar-refractivity contribution in [1.29, 1.82) is 0 Å². The first-order valence-electron chi connectivity index (χ1n) is 3.65. The van der Waals surface area contributed by atoms with Gasteiger partial charge in [-0.3, -0.25) is 0 Å². The SMILES string of the molecule is C=C[C@H]1OC(C)(C)OC1C(=O)[O-].[Na+]. The molecule has 1 aliphatic heterocycles. The van der Waals surface area contributed by atoms with Gasteiger partial charge in [-0.2, -0.15) is 0 Å². The van der Waals surface area contributed by atoms with Gasteiger partial charge in [0.25, 0.3) is 0 Å². The van der Waals surface area contributed by atoms with Crippen LogP contribution in [0.2, 0.25) is 0 Å². The Balaban J connectivity index is 0.00000144. The molecule has 1 heterocycles. The van der Waals surface area contributed by atoms with Crippen LogP contribution in [0.4, 0.5) is 0 Å². The van der Waals surface area contributed by atoms with Gasteiger partial charge in [0.15, 0.2) is 5.79 Å². The van der Waals surface area contributed by atoms with E-state index in [4.69, 9.17) is 9.47 Å². The quantitative estimate of drug-likeness (QED) is 0.337. The van der Waals surface area contributed by atoms with Crippen molar-refractivity contribution in [3.63, 3.8) is 0 Å². The summed E-state index contributed by atoms with van der Waals surface area (Å²) in [4.78, 5) is 10.5. The summed E-state index contributed by atoms with van der Waals surface area (Å²) >= 11 is 0. The molecule has 2 atom stereocenters. The third-order valence-corrected chi connectivity index (χ3v) is 1.59. The molecule has 4 nitrogen and oxygen atoms in total. The smallest absolute Gasteiger partial charge is 0.547 e. The maximum Gasteiger partial charge on any atom is 1.00 e. The van der Waals surface area contributed by atoms with E-state index in [0.717, 1.165) is 0 Å². The van der Waals surface area contributed by atoms with Crippen molar-refractivity contribution in [2.24, 2.45) is 0 Å². The number of rotatable bonds is 2. The Morgan fingerprint density at radius 2 is 2.08 bits per heavy atom. The Morgan fingerprint density at radius 1 is 1.54 bits per heavy atom. The van der Waals surface area contributed by atoms with E-state index in [-0.39, 0.29) is 29.6 Å². The zero-order valence-corrected chi connectivity index (χ0v) is 10.1. The second kappa shape index (κ2) is 4.57. The van der Waals surface area contributed by atoms with Crippen LogP contribution in [-0.4, -0.2) is 24.0 Å². The van der Waals surface area contributed by atoms with E-state index in [2.05, 4.69) is 6.58 Å². The van der Waals surface area contributed by atoms with Crippen molar-refractivity contribution in [3.8, 4) is 0 Å². The number of aliphatic carboxylic acids is 1. The largest absolute Gasteiger partial charge is 1.00 e. The Hall–Kier alpha value is 0.130. The standard InChI is InChI=1S/C8H12O4.Na/c1-4-5-6(7(9)10)12-8(2,3)11-5;/h4-6H,1H2,2-3H3,(H,9,10);/q;+1/p-1/t5-,6?;/m1./s1. The summed E-state index contributed by atoms with van der Waals surface area (Å²) in [5.41, 5.74) is 0. The van der Waals surface area contributed by atoms with Crippen LogP contribution in [0.15, 0.2) is 12.7 Å². The summed E-state index contributed by atoms with van der Waals surface area (Å²) in [6.45, 7) is 6.74. The van der Waals surface area contributed by atoms with E-state index in [1.54, 1.807) is 13.8 Å². The van der Waals surface area contributed by atoms with E-state index in [1.165, 1.54) is 6.08 Å². The number of ether oxygens (including phenoxy) is 2. The number of carboxylic acid groups (broad SMARTS) is 1. The molecular formula is C8H11NaO4. The third-order valence-electron chi connectivity index (χ3n) is 1.59. The molecule has 1 aliphatic rings. The first-order valence-corrected chi connectivity index (χ1v) is 3.65. The van der Waals surface area contributed by atoms with Gasteiger partial charge < -0.3 is 19.4 Å². The molecule has 0 aromatic carbocycles. The second-order valence-electron chi connectivity index (χ2n) is 3.08. The molecule has 0 saturated carbocycles. The summed E-state index contributed by atoms with van der Waals surface area (Å²) in [5.74, 6) is -2.14. The molecule has 0 radical (unpaired) electrons. The van der Waals surface area contributed by atoms with Crippen LogP contribution in [-0.2, 0) is 14.3 Å². The number of carbonyl (C=O) groups excluding carboxylic acids is 1. The zero-order chi connectivity index (χ0) is 9.35. The van der Waals surface area contributed by atoms with E-state index < -0.39 is 24.0 Å². The molecule has 0 amide bonds. The van der Waals surface area contributed by atoms with Gasteiger partial charge in [0.05, 0.1) is 5.97 Å². The van der Waals surface area contributed by atoms with Gasteiger partial charge in [-0.25, -0.2) is 0 Å².